The van der Waals surface area contributed by atoms with Crippen molar-refractivity contribution >= 4 is 11.6 Å². The third kappa shape index (κ3) is 3.79. The van der Waals surface area contributed by atoms with Gasteiger partial charge in [0, 0.05) is 29.8 Å². The average molecular weight is 326 g/mol. The first kappa shape index (κ1) is 17.7. The van der Waals surface area contributed by atoms with Crippen LogP contribution in [0.15, 0.2) is 48.5 Å². The van der Waals surface area contributed by atoms with Gasteiger partial charge in [0.15, 0.2) is 0 Å². The first-order valence-corrected chi connectivity index (χ1v) is 7.99. The van der Waals surface area contributed by atoms with Crippen molar-refractivity contribution in [2.75, 3.05) is 0 Å². The first-order chi connectivity index (χ1) is 11.3. The second kappa shape index (κ2) is 7.25. The highest BCUT2D eigenvalue weighted by molar-refractivity contribution is 5.95. The molecule has 0 unspecified atom stereocenters. The minimum atomic E-state index is -0.424. The van der Waals surface area contributed by atoms with E-state index < -0.39 is 4.92 Å². The van der Waals surface area contributed by atoms with Gasteiger partial charge in [-0.15, -0.1) is 0 Å². The monoisotopic (exact) mass is 326 g/mol. The summed E-state index contributed by atoms with van der Waals surface area (Å²) in [6.07, 6.45) is 0. The number of amides is 1. The Morgan fingerprint density at radius 2 is 1.54 bits per heavy atom. The second-order valence-electron chi connectivity index (χ2n) is 6.28. The van der Waals surface area contributed by atoms with Crippen LogP contribution in [0, 0.1) is 10.1 Å². The predicted molar refractivity (Wildman–Crippen MR) is 95.0 cm³/mol. The van der Waals surface area contributed by atoms with Crippen LogP contribution in [-0.2, 0) is 0 Å². The molecule has 1 amide bonds. The van der Waals surface area contributed by atoms with Crippen molar-refractivity contribution in [1.29, 1.82) is 0 Å². The summed E-state index contributed by atoms with van der Waals surface area (Å²) in [5.74, 6) is -0.0104. The molecule has 0 heterocycles. The summed E-state index contributed by atoms with van der Waals surface area (Å²) < 4.78 is 0. The third-order valence-corrected chi connectivity index (χ3v) is 3.87. The molecule has 0 aliphatic carbocycles. The number of benzene rings is 2. The van der Waals surface area contributed by atoms with E-state index in [0.29, 0.717) is 5.56 Å². The van der Waals surface area contributed by atoms with Gasteiger partial charge >= 0.3 is 0 Å². The van der Waals surface area contributed by atoms with E-state index in [0.717, 1.165) is 11.1 Å². The highest BCUT2D eigenvalue weighted by Gasteiger charge is 2.21. The molecule has 0 aliphatic rings. The fraction of sp³-hybridized carbons (Fsp3) is 0.316. The normalized spacial score (nSPS) is 10.9. The molecule has 0 spiro atoms. The number of nitro groups is 1. The lowest BCUT2D eigenvalue weighted by Crippen LogP contribution is -2.42. The molecule has 126 valence electrons. The number of hydrogen-bond acceptors (Lipinski definition) is 3. The fourth-order valence-corrected chi connectivity index (χ4v) is 2.82. The SMILES string of the molecule is CC(C)N(C(=O)c1cccc(-c2ccc([N+](=O)[O-])cc2)c1)C(C)C. The van der Waals surface area contributed by atoms with Crippen LogP contribution in [0.1, 0.15) is 38.1 Å². The zero-order chi connectivity index (χ0) is 17.9. The Labute approximate surface area is 142 Å². The Morgan fingerprint density at radius 1 is 0.958 bits per heavy atom. The Hall–Kier alpha value is -2.69. The molecule has 5 nitrogen and oxygen atoms in total. The Bertz CT molecular complexity index is 729. The molecule has 0 bridgehead atoms. The van der Waals surface area contributed by atoms with Crippen molar-refractivity contribution in [2.45, 2.75) is 39.8 Å². The summed E-state index contributed by atoms with van der Waals surface area (Å²) in [5, 5.41) is 10.8. The predicted octanol–water partition coefficient (Wildman–Crippen LogP) is 4.52. The molecule has 0 N–H and O–H groups in total. The van der Waals surface area contributed by atoms with Crippen molar-refractivity contribution in [2.24, 2.45) is 0 Å². The van der Waals surface area contributed by atoms with Crippen LogP contribution in [0.3, 0.4) is 0 Å². The molecular formula is C19H22N2O3. The topological polar surface area (TPSA) is 63.5 Å². The zero-order valence-electron chi connectivity index (χ0n) is 14.4. The lowest BCUT2D eigenvalue weighted by Gasteiger charge is -2.31. The summed E-state index contributed by atoms with van der Waals surface area (Å²) in [5.41, 5.74) is 2.38. The molecule has 2 aromatic carbocycles. The summed E-state index contributed by atoms with van der Waals surface area (Å²) in [7, 11) is 0. The van der Waals surface area contributed by atoms with Crippen LogP contribution in [0.25, 0.3) is 11.1 Å². The first-order valence-electron chi connectivity index (χ1n) is 7.99. The van der Waals surface area contributed by atoms with E-state index in [1.807, 2.05) is 50.8 Å². The summed E-state index contributed by atoms with van der Waals surface area (Å²) in [4.78, 5) is 25.0. The van der Waals surface area contributed by atoms with Gasteiger partial charge in [0.05, 0.1) is 4.92 Å². The fourth-order valence-electron chi connectivity index (χ4n) is 2.82. The minimum absolute atomic E-state index is 0.0104. The second-order valence-corrected chi connectivity index (χ2v) is 6.28. The summed E-state index contributed by atoms with van der Waals surface area (Å²) >= 11 is 0. The quantitative estimate of drug-likeness (QED) is 0.599. The molecule has 0 saturated heterocycles. The van der Waals surface area contributed by atoms with Crippen LogP contribution < -0.4 is 0 Å². The summed E-state index contributed by atoms with van der Waals surface area (Å²) in [6.45, 7) is 7.99. The van der Waals surface area contributed by atoms with Crippen molar-refractivity contribution < 1.29 is 9.72 Å². The van der Waals surface area contributed by atoms with Crippen molar-refractivity contribution in [3.63, 3.8) is 0 Å². The van der Waals surface area contributed by atoms with Crippen molar-refractivity contribution in [3.8, 4) is 11.1 Å². The van der Waals surface area contributed by atoms with Crippen LogP contribution in [0.4, 0.5) is 5.69 Å². The summed E-state index contributed by atoms with van der Waals surface area (Å²) in [6, 6.07) is 13.9. The molecule has 0 aromatic heterocycles. The van der Waals surface area contributed by atoms with Crippen LogP contribution in [0.2, 0.25) is 0 Å². The molecule has 5 heteroatoms. The number of rotatable bonds is 5. The van der Waals surface area contributed by atoms with Gasteiger partial charge in [-0.2, -0.15) is 0 Å². The molecule has 0 saturated carbocycles. The van der Waals surface area contributed by atoms with Gasteiger partial charge < -0.3 is 4.90 Å². The molecule has 0 aliphatic heterocycles. The number of nitrogens with zero attached hydrogens (tertiary/aromatic N) is 2. The lowest BCUT2D eigenvalue weighted by atomic mass is 10.0. The van der Waals surface area contributed by atoms with Gasteiger partial charge in [-0.1, -0.05) is 12.1 Å². The van der Waals surface area contributed by atoms with Crippen molar-refractivity contribution in [3.05, 3.63) is 64.2 Å². The number of non-ortho nitro benzene ring substituents is 1. The van der Waals surface area contributed by atoms with Gasteiger partial charge in [-0.05, 0) is 63.1 Å². The van der Waals surface area contributed by atoms with Gasteiger partial charge in [-0.3, -0.25) is 14.9 Å². The largest absolute Gasteiger partial charge is 0.334 e. The Morgan fingerprint density at radius 3 is 2.04 bits per heavy atom. The maximum absolute atomic E-state index is 12.8. The number of carbonyl (C=O) groups excluding carboxylic acids is 1. The molecule has 0 atom stereocenters. The van der Waals surface area contributed by atoms with E-state index in [1.54, 1.807) is 18.2 Å². The van der Waals surface area contributed by atoms with Gasteiger partial charge in [-0.25, -0.2) is 0 Å². The molecular weight excluding hydrogens is 304 g/mol. The van der Waals surface area contributed by atoms with Gasteiger partial charge in [0.2, 0.25) is 0 Å². The van der Waals surface area contributed by atoms with E-state index in [4.69, 9.17) is 0 Å². The van der Waals surface area contributed by atoms with E-state index in [9.17, 15) is 14.9 Å². The molecule has 24 heavy (non-hydrogen) atoms. The maximum atomic E-state index is 12.8. The van der Waals surface area contributed by atoms with E-state index in [2.05, 4.69) is 0 Å². The van der Waals surface area contributed by atoms with Crippen LogP contribution in [-0.4, -0.2) is 27.8 Å². The van der Waals surface area contributed by atoms with Crippen LogP contribution >= 0.6 is 0 Å². The minimum Gasteiger partial charge on any atom is -0.334 e. The maximum Gasteiger partial charge on any atom is 0.269 e. The highest BCUT2D eigenvalue weighted by atomic mass is 16.6. The lowest BCUT2D eigenvalue weighted by molar-refractivity contribution is -0.384. The Kier molecular flexibility index (Phi) is 5.34. The van der Waals surface area contributed by atoms with E-state index in [-0.39, 0.29) is 23.7 Å². The van der Waals surface area contributed by atoms with Crippen LogP contribution in [0.5, 0.6) is 0 Å². The molecule has 2 aromatic rings. The van der Waals surface area contributed by atoms with E-state index >= 15 is 0 Å². The smallest absolute Gasteiger partial charge is 0.269 e. The van der Waals surface area contributed by atoms with Gasteiger partial charge in [0.25, 0.3) is 11.6 Å². The number of nitro benzene ring substituents is 1. The number of hydrogen-bond donors (Lipinski definition) is 0. The molecule has 2 rings (SSSR count). The average Bonchev–Trinajstić information content (AvgIpc) is 2.54. The Balaban J connectivity index is 2.34. The molecule has 0 radical (unpaired) electrons. The standard InChI is InChI=1S/C19H22N2O3/c1-13(2)20(14(3)4)19(22)17-7-5-6-16(12-17)15-8-10-18(11-9-15)21(23)24/h5-14H,1-4H3. The zero-order valence-corrected chi connectivity index (χ0v) is 14.4. The molecule has 0 fully saturated rings. The number of carbonyl (C=O) groups is 1. The van der Waals surface area contributed by atoms with Crippen molar-refractivity contribution in [1.82, 2.24) is 4.90 Å². The third-order valence-electron chi connectivity index (χ3n) is 3.87. The van der Waals surface area contributed by atoms with E-state index in [1.165, 1.54) is 12.1 Å². The highest BCUT2D eigenvalue weighted by Crippen LogP contribution is 2.24. The van der Waals surface area contributed by atoms with Gasteiger partial charge in [0.1, 0.15) is 0 Å².